The molecular formula is C21H37N3O3S. The van der Waals surface area contributed by atoms with Gasteiger partial charge in [-0.05, 0) is 46.4 Å². The molecule has 2 rings (SSSR count). The molecule has 0 aromatic carbocycles. The first kappa shape index (κ1) is 23.2. The molecule has 160 valence electrons. The molecular weight excluding hydrogens is 374 g/mol. The number of rotatable bonds is 10. The minimum Gasteiger partial charge on any atom is -0.460 e. The molecule has 1 aromatic rings. The maximum atomic E-state index is 12.4. The molecule has 1 unspecified atom stereocenters. The van der Waals surface area contributed by atoms with Gasteiger partial charge in [0, 0.05) is 5.92 Å². The van der Waals surface area contributed by atoms with E-state index in [1.165, 1.54) is 38.5 Å². The number of hydrogen-bond acceptors (Lipinski definition) is 7. The van der Waals surface area contributed by atoms with E-state index in [0.29, 0.717) is 24.7 Å². The Morgan fingerprint density at radius 3 is 2.68 bits per heavy atom. The van der Waals surface area contributed by atoms with Crippen molar-refractivity contribution in [2.45, 2.75) is 96.6 Å². The van der Waals surface area contributed by atoms with Crippen molar-refractivity contribution >= 4 is 17.9 Å². The van der Waals surface area contributed by atoms with Gasteiger partial charge in [0.15, 0.2) is 5.82 Å². The second kappa shape index (κ2) is 11.2. The first-order valence-corrected chi connectivity index (χ1v) is 11.7. The van der Waals surface area contributed by atoms with Crippen molar-refractivity contribution in [2.24, 2.45) is 5.92 Å². The van der Waals surface area contributed by atoms with E-state index in [1.807, 2.05) is 38.4 Å². The Bertz CT molecular complexity index is 594. The van der Waals surface area contributed by atoms with Gasteiger partial charge < -0.3 is 9.26 Å². The highest BCUT2D eigenvalue weighted by atomic mass is 32.2. The third-order valence-electron chi connectivity index (χ3n) is 5.23. The van der Waals surface area contributed by atoms with Crippen LogP contribution in [0.5, 0.6) is 0 Å². The van der Waals surface area contributed by atoms with Crippen LogP contribution in [0.2, 0.25) is 0 Å². The number of hydrogen-bond donors (Lipinski definition) is 0. The summed E-state index contributed by atoms with van der Waals surface area (Å²) >= 11 is 1.62. The van der Waals surface area contributed by atoms with Crippen molar-refractivity contribution in [1.82, 2.24) is 14.4 Å². The molecule has 7 heteroatoms. The van der Waals surface area contributed by atoms with Gasteiger partial charge in [-0.1, -0.05) is 62.1 Å². The van der Waals surface area contributed by atoms with Gasteiger partial charge in [-0.25, -0.2) is 4.31 Å². The predicted octanol–water partition coefficient (Wildman–Crippen LogP) is 5.35. The van der Waals surface area contributed by atoms with Gasteiger partial charge in [-0.3, -0.25) is 4.79 Å². The lowest BCUT2D eigenvalue weighted by atomic mass is 9.84. The van der Waals surface area contributed by atoms with E-state index >= 15 is 0 Å². The highest BCUT2D eigenvalue weighted by Gasteiger charge is 2.26. The van der Waals surface area contributed by atoms with Crippen LogP contribution in [0.15, 0.2) is 4.52 Å². The number of esters is 1. The molecule has 6 nitrogen and oxygen atoms in total. The van der Waals surface area contributed by atoms with Gasteiger partial charge in [0.2, 0.25) is 5.89 Å². The summed E-state index contributed by atoms with van der Waals surface area (Å²) in [6, 6.07) is 0. The van der Waals surface area contributed by atoms with Crippen LogP contribution in [-0.4, -0.2) is 39.3 Å². The molecule has 0 spiro atoms. The van der Waals surface area contributed by atoms with Crippen LogP contribution in [0.1, 0.15) is 96.2 Å². The first-order valence-electron chi connectivity index (χ1n) is 10.6. The summed E-state index contributed by atoms with van der Waals surface area (Å²) in [6.45, 7) is 6.30. The van der Waals surface area contributed by atoms with Gasteiger partial charge in [0.25, 0.3) is 0 Å². The summed E-state index contributed by atoms with van der Waals surface area (Å²) in [7, 11) is 1.99. The maximum Gasteiger partial charge on any atom is 0.307 e. The van der Waals surface area contributed by atoms with E-state index < -0.39 is 5.60 Å². The van der Waals surface area contributed by atoms with E-state index in [9.17, 15) is 4.79 Å². The molecule has 0 aliphatic heterocycles. The Balaban J connectivity index is 1.97. The number of nitrogens with zero attached hydrogens (tertiary/aromatic N) is 3. The van der Waals surface area contributed by atoms with Gasteiger partial charge >= 0.3 is 5.97 Å². The van der Waals surface area contributed by atoms with Crippen molar-refractivity contribution in [3.05, 3.63) is 11.7 Å². The van der Waals surface area contributed by atoms with E-state index in [4.69, 9.17) is 9.26 Å². The second-order valence-corrected chi connectivity index (χ2v) is 9.93. The third kappa shape index (κ3) is 8.52. The Kier molecular flexibility index (Phi) is 9.28. The molecule has 0 saturated heterocycles. The van der Waals surface area contributed by atoms with Crippen LogP contribution in [-0.2, 0) is 16.1 Å². The van der Waals surface area contributed by atoms with Crippen LogP contribution in [0, 0.1) is 5.92 Å². The Morgan fingerprint density at radius 2 is 2.04 bits per heavy atom. The summed E-state index contributed by atoms with van der Waals surface area (Å²) in [4.78, 5) is 17.0. The molecule has 0 radical (unpaired) electrons. The average Bonchev–Trinajstić information content (AvgIpc) is 3.08. The zero-order valence-electron chi connectivity index (χ0n) is 18.2. The summed E-state index contributed by atoms with van der Waals surface area (Å²) in [5, 5.41) is 4.11. The Labute approximate surface area is 174 Å². The SMILES string of the molecule is CSN(C)Cc1noc(C(CCCC2CCCCC2)CC(=O)OC(C)(C)C)n1. The molecule has 1 saturated carbocycles. The maximum absolute atomic E-state index is 12.4. The van der Waals surface area contributed by atoms with Crippen molar-refractivity contribution in [3.63, 3.8) is 0 Å². The number of ether oxygens (including phenoxy) is 1. The normalized spacial score (nSPS) is 17.1. The quantitative estimate of drug-likeness (QED) is 0.380. The first-order chi connectivity index (χ1) is 13.3. The van der Waals surface area contributed by atoms with E-state index in [-0.39, 0.29) is 11.9 Å². The predicted molar refractivity (Wildman–Crippen MR) is 113 cm³/mol. The van der Waals surface area contributed by atoms with Gasteiger partial charge in [0.05, 0.1) is 13.0 Å². The van der Waals surface area contributed by atoms with E-state index in [2.05, 4.69) is 10.1 Å². The van der Waals surface area contributed by atoms with E-state index in [0.717, 1.165) is 18.8 Å². The highest BCUT2D eigenvalue weighted by Crippen LogP contribution is 2.31. The molecule has 1 aliphatic carbocycles. The molecule has 1 atom stereocenters. The smallest absolute Gasteiger partial charge is 0.307 e. The topological polar surface area (TPSA) is 68.5 Å². The molecule has 0 bridgehead atoms. The van der Waals surface area contributed by atoms with Crippen LogP contribution in [0.3, 0.4) is 0 Å². The lowest BCUT2D eigenvalue weighted by Crippen LogP contribution is -2.25. The van der Waals surface area contributed by atoms with Crippen LogP contribution < -0.4 is 0 Å². The Morgan fingerprint density at radius 1 is 1.32 bits per heavy atom. The van der Waals surface area contributed by atoms with E-state index in [1.54, 1.807) is 11.9 Å². The van der Waals surface area contributed by atoms with Crippen molar-refractivity contribution in [1.29, 1.82) is 0 Å². The fourth-order valence-corrected chi connectivity index (χ4v) is 4.03. The number of carbonyl (C=O) groups excluding carboxylic acids is 1. The zero-order chi connectivity index (χ0) is 20.6. The molecule has 0 amide bonds. The van der Waals surface area contributed by atoms with Crippen LogP contribution in [0.25, 0.3) is 0 Å². The molecule has 1 fully saturated rings. The molecule has 1 aromatic heterocycles. The highest BCUT2D eigenvalue weighted by molar-refractivity contribution is 7.96. The van der Waals surface area contributed by atoms with Gasteiger partial charge in [-0.15, -0.1) is 0 Å². The van der Waals surface area contributed by atoms with Crippen LogP contribution >= 0.6 is 11.9 Å². The van der Waals surface area contributed by atoms with Crippen LogP contribution in [0.4, 0.5) is 0 Å². The molecule has 0 N–H and O–H groups in total. The third-order valence-corrected chi connectivity index (χ3v) is 5.98. The van der Waals surface area contributed by atoms with Gasteiger partial charge in [0.1, 0.15) is 5.60 Å². The molecule has 1 aliphatic rings. The molecule has 1 heterocycles. The summed E-state index contributed by atoms with van der Waals surface area (Å²) < 4.78 is 13.1. The van der Waals surface area contributed by atoms with Crippen molar-refractivity contribution in [2.75, 3.05) is 13.3 Å². The van der Waals surface area contributed by atoms with Gasteiger partial charge in [-0.2, -0.15) is 4.98 Å². The average molecular weight is 412 g/mol. The largest absolute Gasteiger partial charge is 0.460 e. The zero-order valence-corrected chi connectivity index (χ0v) is 19.0. The van der Waals surface area contributed by atoms with Crippen molar-refractivity contribution < 1.29 is 14.1 Å². The fraction of sp³-hybridized carbons (Fsp3) is 0.857. The lowest BCUT2D eigenvalue weighted by molar-refractivity contribution is -0.155. The summed E-state index contributed by atoms with van der Waals surface area (Å²) in [6.07, 6.45) is 12.3. The van der Waals surface area contributed by atoms with Crippen molar-refractivity contribution in [3.8, 4) is 0 Å². The minimum atomic E-state index is -0.481. The Hall–Kier alpha value is -1.08. The summed E-state index contributed by atoms with van der Waals surface area (Å²) in [5.74, 6) is 1.80. The monoisotopic (exact) mass is 411 g/mol. The second-order valence-electron chi connectivity index (χ2n) is 8.94. The number of carbonyl (C=O) groups is 1. The molecule has 28 heavy (non-hydrogen) atoms. The fourth-order valence-electron chi connectivity index (χ4n) is 3.79. The number of aromatic nitrogens is 2. The standard InChI is InChI=1S/C21H37N3O3S/c1-21(2,3)26-19(25)14-17(13-9-12-16-10-7-6-8-11-16)20-22-18(23-27-20)15-24(4)28-5/h16-17H,6-15H2,1-5H3. The lowest BCUT2D eigenvalue weighted by Gasteiger charge is -2.23. The summed E-state index contributed by atoms with van der Waals surface area (Å²) in [5.41, 5.74) is -0.481. The minimum absolute atomic E-state index is 0.0701.